The van der Waals surface area contributed by atoms with Gasteiger partial charge < -0.3 is 9.47 Å². The molecule has 1 aliphatic rings. The molecule has 32 heavy (non-hydrogen) atoms. The molecule has 3 aromatic carbocycles. The number of hydrogen-bond donors (Lipinski definition) is 0. The van der Waals surface area contributed by atoms with Crippen molar-refractivity contribution >= 4 is 32.8 Å². The minimum Gasteiger partial charge on any atom is -0.351 e. The molecule has 0 spiro atoms. The number of fused-ring (bicyclic) bond motifs is 2. The number of benzene rings is 3. The van der Waals surface area contributed by atoms with Gasteiger partial charge in [-0.3, -0.25) is 0 Å². The number of rotatable bonds is 3. The van der Waals surface area contributed by atoms with Crippen molar-refractivity contribution in [1.29, 1.82) is 0 Å². The van der Waals surface area contributed by atoms with E-state index in [1.807, 2.05) is 0 Å². The van der Waals surface area contributed by atoms with Gasteiger partial charge in [0.2, 0.25) is 0 Å². The van der Waals surface area contributed by atoms with Crippen LogP contribution in [-0.4, -0.2) is 21.1 Å². The maximum absolute atomic E-state index is 4.80. The highest BCUT2D eigenvalue weighted by Gasteiger charge is 2.23. The van der Waals surface area contributed by atoms with Crippen LogP contribution in [-0.2, 0) is 13.0 Å². The third-order valence-electron chi connectivity index (χ3n) is 6.18. The molecule has 5 aromatic rings. The molecule has 5 heteroatoms. The fraction of sp³-hybridized carbons (Fsp3) is 0.111. The molecule has 0 fully saturated rings. The molecule has 0 saturated heterocycles. The molecule has 0 amide bonds. The van der Waals surface area contributed by atoms with Crippen molar-refractivity contribution in [2.45, 2.75) is 13.0 Å². The Morgan fingerprint density at radius 3 is 2.34 bits per heavy atom. The van der Waals surface area contributed by atoms with E-state index in [-0.39, 0.29) is 0 Å². The fourth-order valence-corrected chi connectivity index (χ4v) is 4.86. The van der Waals surface area contributed by atoms with Gasteiger partial charge in [-0.25, -0.2) is 9.97 Å². The van der Waals surface area contributed by atoms with Gasteiger partial charge in [0.05, 0.1) is 5.39 Å². The number of aromatic nitrogens is 3. The SMILES string of the molecule is Brc1ccc(-n2cc(-c3ccccc3)c3c(N4CCc5ccccc5C4)ncnc32)cc1. The third-order valence-corrected chi connectivity index (χ3v) is 6.71. The Kier molecular flexibility index (Phi) is 4.76. The first-order valence-electron chi connectivity index (χ1n) is 10.8. The highest BCUT2D eigenvalue weighted by atomic mass is 79.9. The van der Waals surface area contributed by atoms with Crippen molar-refractivity contribution in [3.8, 4) is 16.8 Å². The number of halogens is 1. The van der Waals surface area contributed by atoms with E-state index in [1.54, 1.807) is 6.33 Å². The predicted octanol–water partition coefficient (Wildman–Crippen LogP) is 6.41. The van der Waals surface area contributed by atoms with E-state index < -0.39 is 0 Å². The van der Waals surface area contributed by atoms with Crippen LogP contribution in [0.4, 0.5) is 5.82 Å². The van der Waals surface area contributed by atoms with E-state index in [0.717, 1.165) is 52.1 Å². The highest BCUT2D eigenvalue weighted by Crippen LogP contribution is 2.38. The first-order valence-corrected chi connectivity index (χ1v) is 11.6. The second-order valence-corrected chi connectivity index (χ2v) is 9.01. The standard InChI is InChI=1S/C27H21BrN4/c28-22-10-12-23(13-11-22)32-17-24(20-7-2-1-3-8-20)25-26(29-18-30-27(25)32)31-15-14-19-6-4-5-9-21(19)16-31/h1-13,17-18H,14-16H2. The van der Waals surface area contributed by atoms with Gasteiger partial charge in [-0.05, 0) is 47.4 Å². The molecule has 0 bridgehead atoms. The summed E-state index contributed by atoms with van der Waals surface area (Å²) < 4.78 is 3.23. The lowest BCUT2D eigenvalue weighted by atomic mass is 9.99. The second-order valence-electron chi connectivity index (χ2n) is 8.09. The van der Waals surface area contributed by atoms with Crippen molar-refractivity contribution in [3.63, 3.8) is 0 Å². The predicted molar refractivity (Wildman–Crippen MR) is 133 cm³/mol. The van der Waals surface area contributed by atoms with Crippen LogP contribution in [0.3, 0.4) is 0 Å². The molecule has 0 aliphatic carbocycles. The second kappa shape index (κ2) is 7.92. The summed E-state index contributed by atoms with van der Waals surface area (Å²) in [5.41, 5.74) is 7.13. The van der Waals surface area contributed by atoms with Gasteiger partial charge in [0.25, 0.3) is 0 Å². The van der Waals surface area contributed by atoms with Crippen LogP contribution in [0.25, 0.3) is 27.8 Å². The molecule has 6 rings (SSSR count). The smallest absolute Gasteiger partial charge is 0.150 e. The molecule has 4 nitrogen and oxygen atoms in total. The molecule has 0 atom stereocenters. The quantitative estimate of drug-likeness (QED) is 0.299. The van der Waals surface area contributed by atoms with Gasteiger partial charge in [-0.2, -0.15) is 0 Å². The summed E-state index contributed by atoms with van der Waals surface area (Å²) >= 11 is 3.55. The molecular weight excluding hydrogens is 460 g/mol. The average molecular weight is 481 g/mol. The summed E-state index contributed by atoms with van der Waals surface area (Å²) in [7, 11) is 0. The van der Waals surface area contributed by atoms with E-state index in [9.17, 15) is 0 Å². The van der Waals surface area contributed by atoms with Crippen molar-refractivity contribution < 1.29 is 0 Å². The van der Waals surface area contributed by atoms with Crippen molar-refractivity contribution in [2.24, 2.45) is 0 Å². The first-order chi connectivity index (χ1) is 15.8. The van der Waals surface area contributed by atoms with E-state index >= 15 is 0 Å². The molecule has 3 heterocycles. The van der Waals surface area contributed by atoms with Crippen molar-refractivity contribution in [2.75, 3.05) is 11.4 Å². The Balaban J connectivity index is 1.56. The number of nitrogens with zero attached hydrogens (tertiary/aromatic N) is 4. The molecule has 2 aromatic heterocycles. The third kappa shape index (κ3) is 3.30. The monoisotopic (exact) mass is 480 g/mol. The van der Waals surface area contributed by atoms with E-state index in [0.29, 0.717) is 0 Å². The van der Waals surface area contributed by atoms with Crippen LogP contribution < -0.4 is 4.90 Å². The lowest BCUT2D eigenvalue weighted by Gasteiger charge is -2.30. The lowest BCUT2D eigenvalue weighted by Crippen LogP contribution is -2.31. The average Bonchev–Trinajstić information content (AvgIpc) is 3.25. The molecule has 0 saturated carbocycles. The lowest BCUT2D eigenvalue weighted by molar-refractivity contribution is 0.723. The van der Waals surface area contributed by atoms with Crippen LogP contribution in [0.5, 0.6) is 0 Å². The minimum atomic E-state index is 0.861. The maximum Gasteiger partial charge on any atom is 0.150 e. The minimum absolute atomic E-state index is 0.861. The molecule has 0 unspecified atom stereocenters. The Labute approximate surface area is 195 Å². The Hall–Kier alpha value is -3.44. The summed E-state index contributed by atoms with van der Waals surface area (Å²) in [5, 5.41) is 1.10. The zero-order valence-electron chi connectivity index (χ0n) is 17.4. The van der Waals surface area contributed by atoms with E-state index in [4.69, 9.17) is 9.97 Å². The van der Waals surface area contributed by atoms with E-state index in [2.05, 4.69) is 110 Å². The molecular formula is C27H21BrN4. The van der Waals surface area contributed by atoms with Gasteiger partial charge in [-0.1, -0.05) is 70.5 Å². The number of anilines is 1. The largest absolute Gasteiger partial charge is 0.351 e. The summed E-state index contributed by atoms with van der Waals surface area (Å²) in [4.78, 5) is 11.9. The summed E-state index contributed by atoms with van der Waals surface area (Å²) in [5.74, 6) is 0.999. The van der Waals surface area contributed by atoms with Gasteiger partial charge in [0.15, 0.2) is 5.65 Å². The van der Waals surface area contributed by atoms with Gasteiger partial charge in [-0.15, -0.1) is 0 Å². The van der Waals surface area contributed by atoms with Crippen LogP contribution >= 0.6 is 15.9 Å². The van der Waals surface area contributed by atoms with Crippen LogP contribution in [0.2, 0.25) is 0 Å². The molecule has 156 valence electrons. The van der Waals surface area contributed by atoms with Crippen LogP contribution in [0, 0.1) is 0 Å². The maximum atomic E-state index is 4.80. The first kappa shape index (κ1) is 19.3. The van der Waals surface area contributed by atoms with Gasteiger partial charge >= 0.3 is 0 Å². The van der Waals surface area contributed by atoms with Crippen molar-refractivity contribution in [1.82, 2.24) is 14.5 Å². The Bertz CT molecular complexity index is 1410. The van der Waals surface area contributed by atoms with Gasteiger partial charge in [0.1, 0.15) is 12.1 Å². The molecule has 1 aliphatic heterocycles. The summed E-state index contributed by atoms with van der Waals surface area (Å²) in [6.45, 7) is 1.81. The topological polar surface area (TPSA) is 34.0 Å². The zero-order chi connectivity index (χ0) is 21.5. The summed E-state index contributed by atoms with van der Waals surface area (Å²) in [6, 6.07) is 27.6. The normalized spacial score (nSPS) is 13.3. The van der Waals surface area contributed by atoms with Crippen molar-refractivity contribution in [3.05, 3.63) is 107 Å². The number of hydrogen-bond acceptors (Lipinski definition) is 3. The molecule has 0 radical (unpaired) electrons. The van der Waals surface area contributed by atoms with Crippen LogP contribution in [0.1, 0.15) is 11.1 Å². The molecule has 0 N–H and O–H groups in total. The van der Waals surface area contributed by atoms with Crippen LogP contribution in [0.15, 0.2) is 95.9 Å². The fourth-order valence-electron chi connectivity index (χ4n) is 4.60. The highest BCUT2D eigenvalue weighted by molar-refractivity contribution is 9.10. The Morgan fingerprint density at radius 1 is 0.781 bits per heavy atom. The van der Waals surface area contributed by atoms with Gasteiger partial charge in [0, 0.05) is 35.0 Å². The van der Waals surface area contributed by atoms with E-state index in [1.165, 1.54) is 16.7 Å². The Morgan fingerprint density at radius 2 is 1.53 bits per heavy atom. The zero-order valence-corrected chi connectivity index (χ0v) is 19.0. The summed E-state index contributed by atoms with van der Waals surface area (Å²) in [6.07, 6.45) is 4.91.